The molecule has 0 bridgehead atoms. The highest BCUT2D eigenvalue weighted by Gasteiger charge is 2.28. The number of amides is 2. The number of nitrogens with one attached hydrogen (secondary N) is 2. The monoisotopic (exact) mass is 601 g/mol. The van der Waals surface area contributed by atoms with Gasteiger partial charge in [0, 0.05) is 17.1 Å². The summed E-state index contributed by atoms with van der Waals surface area (Å²) in [6, 6.07) is 1.30. The third-order valence-corrected chi connectivity index (χ3v) is 6.72. The molecular weight excluding hydrogens is 562 g/mol. The second-order valence-electron chi connectivity index (χ2n) is 11.9. The number of esters is 1. The smallest absolute Gasteiger partial charge is 0.408 e. The summed E-state index contributed by atoms with van der Waals surface area (Å²) >= 11 is 1.29. The minimum Gasteiger partial charge on any atom is -0.458 e. The van der Waals surface area contributed by atoms with Gasteiger partial charge in [-0.3, -0.25) is 4.79 Å². The predicted octanol–water partition coefficient (Wildman–Crippen LogP) is 6.19. The van der Waals surface area contributed by atoms with Gasteiger partial charge in [-0.25, -0.2) is 19.4 Å². The Labute approximate surface area is 248 Å². The van der Waals surface area contributed by atoms with Crippen molar-refractivity contribution in [2.45, 2.75) is 98.9 Å². The maximum atomic E-state index is 13.9. The maximum Gasteiger partial charge on any atom is 0.408 e. The molecule has 2 amide bonds. The first-order valence-corrected chi connectivity index (χ1v) is 14.5. The van der Waals surface area contributed by atoms with E-state index in [1.54, 1.807) is 54.5 Å². The second kappa shape index (κ2) is 12.5. The zero-order valence-corrected chi connectivity index (χ0v) is 26.5. The molecule has 2 aromatic heterocycles. The van der Waals surface area contributed by atoms with Crippen molar-refractivity contribution in [2.75, 3.05) is 0 Å². The van der Waals surface area contributed by atoms with Crippen molar-refractivity contribution >= 4 is 40.5 Å². The summed E-state index contributed by atoms with van der Waals surface area (Å²) in [5.41, 5.74) is -0.105. The molecular formula is C30H39N3O8S. The first kappa shape index (κ1) is 32.6. The molecule has 0 fully saturated rings. The summed E-state index contributed by atoms with van der Waals surface area (Å²) in [4.78, 5) is 56.0. The topological polar surface area (TPSA) is 146 Å². The molecule has 42 heavy (non-hydrogen) atoms. The molecule has 3 aromatic rings. The van der Waals surface area contributed by atoms with Crippen molar-refractivity contribution in [1.82, 2.24) is 15.6 Å². The van der Waals surface area contributed by atoms with Crippen molar-refractivity contribution in [1.29, 1.82) is 0 Å². The van der Waals surface area contributed by atoms with Gasteiger partial charge in [0.1, 0.15) is 39.3 Å². The van der Waals surface area contributed by atoms with Gasteiger partial charge in [-0.2, -0.15) is 0 Å². The number of rotatable bonds is 7. The number of nitrogens with zero attached hydrogens (tertiary/aromatic N) is 1. The number of thiazole rings is 1. The SMILES string of the molecule is CCc1cc2c(=O)c(-c3nc(C)cs3)c([C@@H](C)NC(=O)OC(C)(C)C)oc2cc1OC(=O)[C@@H](C)NC(=O)OC(C)(C)C. The van der Waals surface area contributed by atoms with Crippen LogP contribution in [0, 0.1) is 6.92 Å². The van der Waals surface area contributed by atoms with Crippen LogP contribution in [0.1, 0.15) is 85.4 Å². The Bertz CT molecular complexity index is 1540. The van der Waals surface area contributed by atoms with Gasteiger partial charge in [-0.15, -0.1) is 11.3 Å². The Morgan fingerprint density at radius 3 is 2.12 bits per heavy atom. The molecule has 3 rings (SSSR count). The molecule has 2 atom stereocenters. The molecule has 11 nitrogen and oxygen atoms in total. The summed E-state index contributed by atoms with van der Waals surface area (Å²) in [6.45, 7) is 17.2. The lowest BCUT2D eigenvalue weighted by Gasteiger charge is -2.22. The van der Waals surface area contributed by atoms with Gasteiger partial charge < -0.3 is 29.3 Å². The number of aromatic nitrogens is 1. The van der Waals surface area contributed by atoms with E-state index >= 15 is 0 Å². The van der Waals surface area contributed by atoms with Crippen LogP contribution in [0.4, 0.5) is 9.59 Å². The van der Waals surface area contributed by atoms with E-state index < -0.39 is 41.4 Å². The third-order valence-electron chi connectivity index (χ3n) is 5.74. The highest BCUT2D eigenvalue weighted by atomic mass is 32.1. The number of hydrogen-bond acceptors (Lipinski definition) is 10. The first-order valence-electron chi connectivity index (χ1n) is 13.6. The van der Waals surface area contributed by atoms with E-state index in [1.165, 1.54) is 24.3 Å². The number of benzene rings is 1. The fourth-order valence-corrected chi connectivity index (χ4v) is 4.76. The molecule has 0 unspecified atom stereocenters. The molecule has 0 aliphatic heterocycles. The zero-order chi connectivity index (χ0) is 31.6. The molecule has 0 saturated carbocycles. The van der Waals surface area contributed by atoms with E-state index in [-0.39, 0.29) is 33.5 Å². The van der Waals surface area contributed by atoms with Crippen molar-refractivity contribution in [2.24, 2.45) is 0 Å². The Balaban J connectivity index is 2.05. The van der Waals surface area contributed by atoms with Crippen molar-refractivity contribution in [3.8, 4) is 16.3 Å². The molecule has 0 radical (unpaired) electrons. The molecule has 12 heteroatoms. The summed E-state index contributed by atoms with van der Waals surface area (Å²) < 4.78 is 22.5. The van der Waals surface area contributed by atoms with Crippen molar-refractivity contribution in [3.63, 3.8) is 0 Å². The fraction of sp³-hybridized carbons (Fsp3) is 0.500. The molecule has 2 heterocycles. The normalized spacial score (nSPS) is 13.3. The molecule has 228 valence electrons. The highest BCUT2D eigenvalue weighted by Crippen LogP contribution is 2.34. The number of carbonyl (C=O) groups excluding carboxylic acids is 3. The van der Waals surface area contributed by atoms with Crippen LogP contribution in [0.3, 0.4) is 0 Å². The number of carbonyl (C=O) groups is 3. The van der Waals surface area contributed by atoms with E-state index in [9.17, 15) is 19.2 Å². The fourth-order valence-electron chi connectivity index (χ4n) is 3.92. The highest BCUT2D eigenvalue weighted by molar-refractivity contribution is 7.13. The molecule has 0 saturated heterocycles. The standard InChI is InChI=1S/C30H39N3O8S/c1-11-18-12-19-21(13-20(18)39-26(35)17(4)33-28(37)41-30(8,9)10)38-24(16(3)32-27(36)40-29(5,6)7)22(23(19)34)25-31-15(2)14-42-25/h12-14,16-17H,11H2,1-10H3,(H,32,36)(H,33,37)/t16-,17-/m1/s1. The van der Waals surface area contributed by atoms with Crippen LogP contribution in [0.2, 0.25) is 0 Å². The second-order valence-corrected chi connectivity index (χ2v) is 12.8. The average molecular weight is 602 g/mol. The summed E-state index contributed by atoms with van der Waals surface area (Å²) in [6.07, 6.45) is -0.995. The van der Waals surface area contributed by atoms with Gasteiger partial charge in [0.05, 0.1) is 17.0 Å². The van der Waals surface area contributed by atoms with Crippen LogP contribution < -0.4 is 20.8 Å². The van der Waals surface area contributed by atoms with Crippen LogP contribution in [-0.4, -0.2) is 40.4 Å². The molecule has 1 aromatic carbocycles. The van der Waals surface area contributed by atoms with Crippen molar-refractivity contribution in [3.05, 3.63) is 44.8 Å². The average Bonchev–Trinajstić information content (AvgIpc) is 3.26. The number of hydrogen-bond donors (Lipinski definition) is 2. The van der Waals surface area contributed by atoms with Crippen LogP contribution in [0.15, 0.2) is 26.7 Å². The summed E-state index contributed by atoms with van der Waals surface area (Å²) in [5, 5.41) is 7.72. The van der Waals surface area contributed by atoms with E-state index in [0.717, 1.165) is 5.69 Å². The van der Waals surface area contributed by atoms with Crippen LogP contribution >= 0.6 is 11.3 Å². The third kappa shape index (κ3) is 8.31. The lowest BCUT2D eigenvalue weighted by atomic mass is 10.0. The quantitative estimate of drug-likeness (QED) is 0.239. The molecule has 0 aliphatic carbocycles. The van der Waals surface area contributed by atoms with E-state index in [4.69, 9.17) is 18.6 Å². The minimum absolute atomic E-state index is 0.151. The summed E-state index contributed by atoms with van der Waals surface area (Å²) in [5.74, 6) is -0.381. The van der Waals surface area contributed by atoms with E-state index in [1.807, 2.05) is 19.2 Å². The van der Waals surface area contributed by atoms with Crippen LogP contribution in [0.5, 0.6) is 5.75 Å². The Morgan fingerprint density at radius 2 is 1.60 bits per heavy atom. The van der Waals surface area contributed by atoms with Gasteiger partial charge in [0.2, 0.25) is 5.43 Å². The molecule has 0 spiro atoms. The molecule has 0 aliphatic rings. The number of fused-ring (bicyclic) bond motifs is 1. The Morgan fingerprint density at radius 1 is 1.00 bits per heavy atom. The maximum absolute atomic E-state index is 13.9. The van der Waals surface area contributed by atoms with Crippen LogP contribution in [-0.2, 0) is 20.7 Å². The van der Waals surface area contributed by atoms with E-state index in [2.05, 4.69) is 15.6 Å². The first-order chi connectivity index (χ1) is 19.4. The van der Waals surface area contributed by atoms with Gasteiger partial charge >= 0.3 is 18.2 Å². The predicted molar refractivity (Wildman–Crippen MR) is 160 cm³/mol. The Hall–Kier alpha value is -3.93. The number of ether oxygens (including phenoxy) is 3. The lowest BCUT2D eigenvalue weighted by molar-refractivity contribution is -0.136. The van der Waals surface area contributed by atoms with Gasteiger partial charge in [-0.05, 0) is 80.4 Å². The Kier molecular flexibility index (Phi) is 9.71. The lowest BCUT2D eigenvalue weighted by Crippen LogP contribution is -2.43. The van der Waals surface area contributed by atoms with Gasteiger partial charge in [0.25, 0.3) is 0 Å². The largest absolute Gasteiger partial charge is 0.458 e. The van der Waals surface area contributed by atoms with E-state index in [0.29, 0.717) is 17.0 Å². The number of alkyl carbamates (subject to hydrolysis) is 2. The molecule has 2 N–H and O–H groups in total. The zero-order valence-electron chi connectivity index (χ0n) is 25.7. The van der Waals surface area contributed by atoms with Crippen LogP contribution in [0.25, 0.3) is 21.5 Å². The van der Waals surface area contributed by atoms with Gasteiger partial charge in [-0.1, -0.05) is 6.92 Å². The minimum atomic E-state index is -1.02. The van der Waals surface area contributed by atoms with Crippen molar-refractivity contribution < 1.29 is 33.0 Å². The number of aryl methyl sites for hydroxylation is 2. The van der Waals surface area contributed by atoms with Gasteiger partial charge in [0.15, 0.2) is 0 Å². The summed E-state index contributed by atoms with van der Waals surface area (Å²) in [7, 11) is 0.